The summed E-state index contributed by atoms with van der Waals surface area (Å²) in [4.78, 5) is 16.9. The highest BCUT2D eigenvalue weighted by molar-refractivity contribution is 6.08. The van der Waals surface area contributed by atoms with Crippen molar-refractivity contribution in [2.24, 2.45) is 0 Å². The van der Waals surface area contributed by atoms with Crippen LogP contribution in [0.1, 0.15) is 28.4 Å². The van der Waals surface area contributed by atoms with Crippen molar-refractivity contribution < 1.29 is 14.3 Å². The number of benzene rings is 2. The molecule has 1 unspecified atom stereocenters. The standard InChI is InChI=1S/C21H26N2O3/c1-15(23-8-10-25-11-9-23)12-22(2)13-16-6-7-17-14-26-21(24)19-5-3-4-18(16)20(17)19/h3-7,15H,8-14H2,1-2H3. The molecule has 0 aromatic heterocycles. The van der Waals surface area contributed by atoms with Crippen molar-refractivity contribution in [1.29, 1.82) is 0 Å². The molecule has 0 bridgehead atoms. The van der Waals surface area contributed by atoms with Crippen LogP contribution >= 0.6 is 0 Å². The smallest absolute Gasteiger partial charge is 0.339 e. The summed E-state index contributed by atoms with van der Waals surface area (Å²) in [5.41, 5.74) is 3.05. The monoisotopic (exact) mass is 354 g/mol. The van der Waals surface area contributed by atoms with Crippen LogP contribution in [0, 0.1) is 0 Å². The summed E-state index contributed by atoms with van der Waals surface area (Å²) >= 11 is 0. The van der Waals surface area contributed by atoms with Crippen LogP contribution in [0.4, 0.5) is 0 Å². The minimum Gasteiger partial charge on any atom is -0.457 e. The van der Waals surface area contributed by atoms with E-state index in [9.17, 15) is 4.79 Å². The molecule has 0 saturated carbocycles. The molecule has 2 aliphatic heterocycles. The Hall–Kier alpha value is -1.95. The topological polar surface area (TPSA) is 42.0 Å². The lowest BCUT2D eigenvalue weighted by molar-refractivity contribution is 0.0137. The Labute approximate surface area is 154 Å². The van der Waals surface area contributed by atoms with Crippen LogP contribution in [-0.4, -0.2) is 61.7 Å². The molecular formula is C21H26N2O3. The first-order chi connectivity index (χ1) is 12.6. The lowest BCUT2D eigenvalue weighted by Crippen LogP contribution is -2.46. The molecule has 0 N–H and O–H groups in total. The van der Waals surface area contributed by atoms with Crippen LogP contribution in [0.3, 0.4) is 0 Å². The van der Waals surface area contributed by atoms with E-state index in [1.807, 2.05) is 12.1 Å². The van der Waals surface area contributed by atoms with Gasteiger partial charge in [0.1, 0.15) is 6.61 Å². The minimum atomic E-state index is -0.213. The molecule has 5 nitrogen and oxygen atoms in total. The quantitative estimate of drug-likeness (QED) is 0.772. The summed E-state index contributed by atoms with van der Waals surface area (Å²) < 4.78 is 10.7. The zero-order chi connectivity index (χ0) is 18.1. The Morgan fingerprint density at radius 1 is 1.19 bits per heavy atom. The maximum absolute atomic E-state index is 12.1. The van der Waals surface area contributed by atoms with E-state index in [1.54, 1.807) is 0 Å². The fraction of sp³-hybridized carbons (Fsp3) is 0.476. The van der Waals surface area contributed by atoms with E-state index in [2.05, 4.69) is 42.0 Å². The van der Waals surface area contributed by atoms with Crippen LogP contribution in [0.15, 0.2) is 30.3 Å². The lowest BCUT2D eigenvalue weighted by atomic mass is 9.94. The highest BCUT2D eigenvalue weighted by Crippen LogP contribution is 2.31. The fourth-order valence-electron chi connectivity index (χ4n) is 4.13. The molecule has 1 atom stereocenters. The third-order valence-electron chi connectivity index (χ3n) is 5.48. The van der Waals surface area contributed by atoms with Crippen molar-refractivity contribution in [3.05, 3.63) is 47.0 Å². The number of carbonyl (C=O) groups is 1. The van der Waals surface area contributed by atoms with Gasteiger partial charge in [0.15, 0.2) is 0 Å². The average Bonchev–Trinajstić information content (AvgIpc) is 2.67. The Balaban J connectivity index is 1.53. The molecule has 2 aromatic carbocycles. The third-order valence-corrected chi connectivity index (χ3v) is 5.48. The van der Waals surface area contributed by atoms with Crippen molar-refractivity contribution in [3.63, 3.8) is 0 Å². The Kier molecular flexibility index (Phi) is 4.94. The van der Waals surface area contributed by atoms with Gasteiger partial charge in [-0.15, -0.1) is 0 Å². The van der Waals surface area contributed by atoms with Gasteiger partial charge in [0.25, 0.3) is 0 Å². The van der Waals surface area contributed by atoms with Crippen LogP contribution < -0.4 is 0 Å². The van der Waals surface area contributed by atoms with Crippen LogP contribution in [0.5, 0.6) is 0 Å². The van der Waals surface area contributed by atoms with Gasteiger partial charge in [0.2, 0.25) is 0 Å². The van der Waals surface area contributed by atoms with Crippen LogP contribution in [-0.2, 0) is 22.6 Å². The summed E-state index contributed by atoms with van der Waals surface area (Å²) in [5, 5.41) is 2.23. The lowest BCUT2D eigenvalue weighted by Gasteiger charge is -2.34. The second-order valence-electron chi connectivity index (χ2n) is 7.38. The zero-order valence-electron chi connectivity index (χ0n) is 15.5. The number of ether oxygens (including phenoxy) is 2. The summed E-state index contributed by atoms with van der Waals surface area (Å²) in [5.74, 6) is -0.213. The normalized spacial score (nSPS) is 19.0. The summed E-state index contributed by atoms with van der Waals surface area (Å²) in [6.45, 7) is 8.22. The molecule has 0 radical (unpaired) electrons. The maximum Gasteiger partial charge on any atom is 0.339 e. The second-order valence-corrected chi connectivity index (χ2v) is 7.38. The van der Waals surface area contributed by atoms with Gasteiger partial charge in [-0.25, -0.2) is 4.79 Å². The van der Waals surface area contributed by atoms with Crippen molar-refractivity contribution in [1.82, 2.24) is 9.80 Å². The third kappa shape index (κ3) is 3.34. The highest BCUT2D eigenvalue weighted by atomic mass is 16.5. The Morgan fingerprint density at radius 2 is 2.00 bits per heavy atom. The molecule has 2 aliphatic rings. The number of rotatable bonds is 5. The molecule has 0 spiro atoms. The molecule has 0 amide bonds. The van der Waals surface area contributed by atoms with E-state index in [4.69, 9.17) is 9.47 Å². The van der Waals surface area contributed by atoms with E-state index in [0.29, 0.717) is 18.2 Å². The predicted molar refractivity (Wildman–Crippen MR) is 101 cm³/mol. The van der Waals surface area contributed by atoms with Gasteiger partial charge in [0.05, 0.1) is 18.8 Å². The van der Waals surface area contributed by atoms with E-state index < -0.39 is 0 Å². The first-order valence-corrected chi connectivity index (χ1v) is 9.34. The van der Waals surface area contributed by atoms with E-state index >= 15 is 0 Å². The molecule has 26 heavy (non-hydrogen) atoms. The first kappa shape index (κ1) is 17.5. The number of morpholine rings is 1. The molecule has 1 saturated heterocycles. The summed E-state index contributed by atoms with van der Waals surface area (Å²) in [6.07, 6.45) is 0. The molecule has 0 aliphatic carbocycles. The molecule has 138 valence electrons. The highest BCUT2D eigenvalue weighted by Gasteiger charge is 2.22. The van der Waals surface area contributed by atoms with Gasteiger partial charge < -0.3 is 14.4 Å². The molecule has 2 heterocycles. The Morgan fingerprint density at radius 3 is 2.81 bits per heavy atom. The largest absolute Gasteiger partial charge is 0.457 e. The SMILES string of the molecule is CC(CN(C)Cc1ccc2c3c(cccc13)C(=O)OC2)N1CCOCC1. The molecule has 1 fully saturated rings. The number of carbonyl (C=O) groups excluding carboxylic acids is 1. The van der Waals surface area contributed by atoms with Crippen LogP contribution in [0.25, 0.3) is 10.8 Å². The molecule has 5 heteroatoms. The van der Waals surface area contributed by atoms with Crippen molar-refractivity contribution in [2.75, 3.05) is 39.9 Å². The van der Waals surface area contributed by atoms with E-state index in [1.165, 1.54) is 10.9 Å². The number of hydrogen-bond donors (Lipinski definition) is 0. The summed E-state index contributed by atoms with van der Waals surface area (Å²) in [7, 11) is 2.17. The van der Waals surface area contributed by atoms with Gasteiger partial charge in [-0.05, 0) is 36.6 Å². The minimum absolute atomic E-state index is 0.213. The fourth-order valence-corrected chi connectivity index (χ4v) is 4.13. The predicted octanol–water partition coefficient (Wildman–Crippen LogP) is 2.66. The van der Waals surface area contributed by atoms with E-state index in [-0.39, 0.29) is 5.97 Å². The van der Waals surface area contributed by atoms with Gasteiger partial charge in [-0.3, -0.25) is 4.90 Å². The van der Waals surface area contributed by atoms with E-state index in [0.717, 1.165) is 50.3 Å². The number of nitrogens with zero attached hydrogens (tertiary/aromatic N) is 2. The van der Waals surface area contributed by atoms with Crippen molar-refractivity contribution in [3.8, 4) is 0 Å². The Bertz CT molecular complexity index is 814. The molecule has 4 rings (SSSR count). The van der Waals surface area contributed by atoms with Crippen molar-refractivity contribution in [2.45, 2.75) is 26.1 Å². The van der Waals surface area contributed by atoms with Gasteiger partial charge in [0, 0.05) is 37.6 Å². The number of esters is 1. The number of cyclic esters (lactones) is 1. The maximum atomic E-state index is 12.1. The van der Waals surface area contributed by atoms with Gasteiger partial charge in [-0.2, -0.15) is 0 Å². The van der Waals surface area contributed by atoms with Gasteiger partial charge >= 0.3 is 5.97 Å². The average molecular weight is 354 g/mol. The van der Waals surface area contributed by atoms with Crippen LogP contribution in [0.2, 0.25) is 0 Å². The number of hydrogen-bond acceptors (Lipinski definition) is 5. The molecule has 2 aromatic rings. The summed E-state index contributed by atoms with van der Waals surface area (Å²) in [6, 6.07) is 10.7. The van der Waals surface area contributed by atoms with Gasteiger partial charge in [-0.1, -0.05) is 24.3 Å². The zero-order valence-corrected chi connectivity index (χ0v) is 15.5. The number of likely N-dealkylation sites (N-methyl/N-ethyl adjacent to an activating group) is 1. The molecular weight excluding hydrogens is 328 g/mol. The van der Waals surface area contributed by atoms with Crippen molar-refractivity contribution >= 4 is 16.7 Å². The first-order valence-electron chi connectivity index (χ1n) is 9.34. The second kappa shape index (κ2) is 7.35.